The molecule has 0 radical (unpaired) electrons. The number of carbonyl (C=O) groups is 2. The van der Waals surface area contributed by atoms with Gasteiger partial charge >= 0.3 is 5.97 Å². The third-order valence-electron chi connectivity index (χ3n) is 3.96. The summed E-state index contributed by atoms with van der Waals surface area (Å²) in [4.78, 5) is 34.9. The fraction of sp³-hybridized carbons (Fsp3) is 0.150. The van der Waals surface area contributed by atoms with E-state index in [1.807, 2.05) is 6.07 Å². The standard InChI is InChI=1S/C20H17NO7/c1-11(20(25)26)21-18(24)10-27-13-7-14(22)19-15(23)9-16(28-17(19)8-13)12-5-3-2-4-6-12/h2-9,11,22H,10H2,1H3,(H,21,24)(H,25,26)/t11-/m1/s1. The largest absolute Gasteiger partial charge is 0.507 e. The van der Waals surface area contributed by atoms with E-state index < -0.39 is 30.0 Å². The second-order valence-electron chi connectivity index (χ2n) is 6.07. The lowest BCUT2D eigenvalue weighted by molar-refractivity contribution is -0.141. The third kappa shape index (κ3) is 4.12. The van der Waals surface area contributed by atoms with Crippen molar-refractivity contribution in [2.24, 2.45) is 0 Å². The molecule has 0 aliphatic heterocycles. The minimum atomic E-state index is -1.17. The molecule has 1 aromatic heterocycles. The van der Waals surface area contributed by atoms with Crippen molar-refractivity contribution >= 4 is 22.8 Å². The van der Waals surface area contributed by atoms with Crippen LogP contribution in [0.5, 0.6) is 11.5 Å². The van der Waals surface area contributed by atoms with Crippen LogP contribution in [-0.2, 0) is 9.59 Å². The first kappa shape index (κ1) is 19.0. The molecular weight excluding hydrogens is 366 g/mol. The van der Waals surface area contributed by atoms with Gasteiger partial charge in [0.05, 0.1) is 0 Å². The molecule has 2 aromatic carbocycles. The first-order chi connectivity index (χ1) is 13.3. The molecule has 1 heterocycles. The fourth-order valence-corrected chi connectivity index (χ4v) is 2.57. The van der Waals surface area contributed by atoms with Gasteiger partial charge in [-0.15, -0.1) is 0 Å². The molecule has 28 heavy (non-hydrogen) atoms. The first-order valence-electron chi connectivity index (χ1n) is 8.36. The zero-order valence-electron chi connectivity index (χ0n) is 14.8. The molecule has 144 valence electrons. The predicted molar refractivity (Wildman–Crippen MR) is 100 cm³/mol. The number of phenols is 1. The van der Waals surface area contributed by atoms with Gasteiger partial charge in [-0.2, -0.15) is 0 Å². The number of benzene rings is 2. The number of carbonyl (C=O) groups excluding carboxylic acids is 1. The Kier molecular flexibility index (Phi) is 5.30. The van der Waals surface area contributed by atoms with E-state index in [9.17, 15) is 19.5 Å². The maximum absolute atomic E-state index is 12.4. The van der Waals surface area contributed by atoms with E-state index in [-0.39, 0.29) is 22.5 Å². The lowest BCUT2D eigenvalue weighted by atomic mass is 10.1. The minimum Gasteiger partial charge on any atom is -0.507 e. The van der Waals surface area contributed by atoms with Gasteiger partial charge in [-0.1, -0.05) is 30.3 Å². The van der Waals surface area contributed by atoms with Crippen molar-refractivity contribution in [3.63, 3.8) is 0 Å². The lowest BCUT2D eigenvalue weighted by Crippen LogP contribution is -2.40. The Morgan fingerprint density at radius 2 is 1.89 bits per heavy atom. The quantitative estimate of drug-likeness (QED) is 0.595. The molecule has 1 amide bonds. The Balaban J connectivity index is 1.88. The van der Waals surface area contributed by atoms with Gasteiger partial charge in [-0.05, 0) is 6.92 Å². The van der Waals surface area contributed by atoms with Crippen molar-refractivity contribution in [2.45, 2.75) is 13.0 Å². The Labute approximate surface area is 159 Å². The minimum absolute atomic E-state index is 0.00372. The van der Waals surface area contributed by atoms with Crippen LogP contribution in [0.2, 0.25) is 0 Å². The van der Waals surface area contributed by atoms with Crippen molar-refractivity contribution in [2.75, 3.05) is 6.61 Å². The van der Waals surface area contributed by atoms with Crippen LogP contribution >= 0.6 is 0 Å². The molecule has 0 saturated heterocycles. The molecule has 0 bridgehead atoms. The van der Waals surface area contributed by atoms with Crippen LogP contribution in [0.3, 0.4) is 0 Å². The molecule has 0 aliphatic carbocycles. The molecule has 0 spiro atoms. The van der Waals surface area contributed by atoms with E-state index in [1.165, 1.54) is 25.1 Å². The Morgan fingerprint density at radius 3 is 2.57 bits per heavy atom. The number of hydrogen-bond acceptors (Lipinski definition) is 6. The van der Waals surface area contributed by atoms with Crippen LogP contribution in [0.1, 0.15) is 6.92 Å². The highest BCUT2D eigenvalue weighted by Crippen LogP contribution is 2.31. The smallest absolute Gasteiger partial charge is 0.325 e. The van der Waals surface area contributed by atoms with E-state index in [4.69, 9.17) is 14.3 Å². The highest BCUT2D eigenvalue weighted by Gasteiger charge is 2.16. The van der Waals surface area contributed by atoms with Gasteiger partial charge in [0.15, 0.2) is 12.0 Å². The maximum atomic E-state index is 12.4. The van der Waals surface area contributed by atoms with E-state index in [1.54, 1.807) is 24.3 Å². The topological polar surface area (TPSA) is 126 Å². The second-order valence-corrected chi connectivity index (χ2v) is 6.07. The van der Waals surface area contributed by atoms with Crippen LogP contribution in [0.4, 0.5) is 0 Å². The number of hydrogen-bond donors (Lipinski definition) is 3. The summed E-state index contributed by atoms with van der Waals surface area (Å²) >= 11 is 0. The first-order valence-corrected chi connectivity index (χ1v) is 8.36. The Bertz CT molecular complexity index is 1090. The van der Waals surface area contributed by atoms with Gasteiger partial charge in [0.1, 0.15) is 34.3 Å². The molecule has 3 aromatic rings. The summed E-state index contributed by atoms with van der Waals surface area (Å²) in [6.07, 6.45) is 0. The van der Waals surface area contributed by atoms with Crippen molar-refractivity contribution in [3.05, 3.63) is 58.8 Å². The number of aromatic hydroxyl groups is 1. The fourth-order valence-electron chi connectivity index (χ4n) is 2.57. The number of phenolic OH excluding ortho intramolecular Hbond substituents is 1. The predicted octanol–water partition coefficient (Wildman–Crippen LogP) is 2.13. The highest BCUT2D eigenvalue weighted by molar-refractivity contribution is 5.87. The van der Waals surface area contributed by atoms with Crippen LogP contribution in [-0.4, -0.2) is 34.7 Å². The molecule has 0 unspecified atom stereocenters. The summed E-state index contributed by atoms with van der Waals surface area (Å²) in [5.74, 6) is -1.75. The van der Waals surface area contributed by atoms with Crippen LogP contribution < -0.4 is 15.5 Å². The van der Waals surface area contributed by atoms with Gasteiger partial charge in [-0.3, -0.25) is 14.4 Å². The number of amides is 1. The summed E-state index contributed by atoms with van der Waals surface area (Å²) in [7, 11) is 0. The van der Waals surface area contributed by atoms with E-state index in [0.29, 0.717) is 11.3 Å². The van der Waals surface area contributed by atoms with Crippen molar-refractivity contribution in [3.8, 4) is 22.8 Å². The number of aliphatic carboxylic acids is 1. The number of rotatable bonds is 6. The molecule has 3 N–H and O–H groups in total. The number of carboxylic acids is 1. The van der Waals surface area contributed by atoms with Gasteiger partial charge in [0, 0.05) is 23.8 Å². The molecule has 0 fully saturated rings. The van der Waals surface area contributed by atoms with Gasteiger partial charge in [0.2, 0.25) is 0 Å². The molecule has 1 atom stereocenters. The van der Waals surface area contributed by atoms with Crippen LogP contribution in [0.15, 0.2) is 57.7 Å². The zero-order chi connectivity index (χ0) is 20.3. The number of carboxylic acid groups (broad SMARTS) is 1. The summed E-state index contributed by atoms with van der Waals surface area (Å²) in [5, 5.41) is 21.2. The van der Waals surface area contributed by atoms with E-state index >= 15 is 0 Å². The van der Waals surface area contributed by atoms with Crippen LogP contribution in [0, 0.1) is 0 Å². The van der Waals surface area contributed by atoms with Gasteiger partial charge in [0.25, 0.3) is 5.91 Å². The number of fused-ring (bicyclic) bond motifs is 1. The summed E-state index contributed by atoms with van der Waals surface area (Å²) in [5.41, 5.74) is 0.368. The highest BCUT2D eigenvalue weighted by atomic mass is 16.5. The average molecular weight is 383 g/mol. The summed E-state index contributed by atoms with van der Waals surface area (Å²) in [6, 6.07) is 11.8. The SMILES string of the molecule is C[C@@H](NC(=O)COc1cc(O)c2c(=O)cc(-c3ccccc3)oc2c1)C(=O)O. The Morgan fingerprint density at radius 1 is 1.18 bits per heavy atom. The monoisotopic (exact) mass is 383 g/mol. The number of nitrogens with one attached hydrogen (secondary N) is 1. The normalized spacial score (nSPS) is 11.8. The Hall–Kier alpha value is -3.81. The van der Waals surface area contributed by atoms with Gasteiger partial charge in [-0.25, -0.2) is 0 Å². The van der Waals surface area contributed by atoms with Crippen LogP contribution in [0.25, 0.3) is 22.3 Å². The molecule has 0 aliphatic rings. The maximum Gasteiger partial charge on any atom is 0.325 e. The second kappa shape index (κ2) is 7.83. The number of ether oxygens (including phenoxy) is 1. The van der Waals surface area contributed by atoms with E-state index in [0.717, 1.165) is 0 Å². The lowest BCUT2D eigenvalue weighted by Gasteiger charge is -2.11. The summed E-state index contributed by atoms with van der Waals surface area (Å²) < 4.78 is 11.0. The molecule has 3 rings (SSSR count). The van der Waals surface area contributed by atoms with Crippen molar-refractivity contribution in [1.82, 2.24) is 5.32 Å². The molecular formula is C20H17NO7. The molecule has 0 saturated carbocycles. The van der Waals surface area contributed by atoms with Crippen molar-refractivity contribution in [1.29, 1.82) is 0 Å². The van der Waals surface area contributed by atoms with E-state index in [2.05, 4.69) is 5.32 Å². The zero-order valence-corrected chi connectivity index (χ0v) is 14.8. The molecule has 8 nitrogen and oxygen atoms in total. The average Bonchev–Trinajstić information content (AvgIpc) is 2.66. The molecule has 8 heteroatoms. The van der Waals surface area contributed by atoms with Gasteiger partial charge < -0.3 is 24.7 Å². The third-order valence-corrected chi connectivity index (χ3v) is 3.96. The summed E-state index contributed by atoms with van der Waals surface area (Å²) in [6.45, 7) is 0.854. The van der Waals surface area contributed by atoms with Crippen molar-refractivity contribution < 1.29 is 29.0 Å².